The van der Waals surface area contributed by atoms with Crippen LogP contribution >= 0.6 is 11.3 Å². The van der Waals surface area contributed by atoms with E-state index >= 15 is 0 Å². The summed E-state index contributed by atoms with van der Waals surface area (Å²) in [6.45, 7) is 2.28. The van der Waals surface area contributed by atoms with E-state index in [0.29, 0.717) is 25.5 Å². The van der Waals surface area contributed by atoms with Gasteiger partial charge in [0.25, 0.3) is 0 Å². The minimum atomic E-state index is -0.138. The molecule has 0 amide bonds. The van der Waals surface area contributed by atoms with Crippen LogP contribution in [0, 0.1) is 0 Å². The van der Waals surface area contributed by atoms with Crippen LogP contribution in [-0.4, -0.2) is 30.6 Å². The van der Waals surface area contributed by atoms with E-state index < -0.39 is 0 Å². The summed E-state index contributed by atoms with van der Waals surface area (Å²) in [5.74, 6) is -0.138. The summed E-state index contributed by atoms with van der Waals surface area (Å²) in [5, 5.41) is 3.13. The lowest BCUT2D eigenvalue weighted by Crippen LogP contribution is -2.28. The van der Waals surface area contributed by atoms with Gasteiger partial charge in [0.2, 0.25) is 0 Å². The summed E-state index contributed by atoms with van der Waals surface area (Å²) in [4.78, 5) is 18.2. The first-order valence-corrected chi connectivity index (χ1v) is 7.91. The molecule has 1 aromatic rings. The van der Waals surface area contributed by atoms with Crippen LogP contribution in [0.2, 0.25) is 0 Å². The topological polar surface area (TPSA) is 42.4 Å². The van der Waals surface area contributed by atoms with Gasteiger partial charge in [-0.1, -0.05) is 12.8 Å². The van der Waals surface area contributed by atoms with Crippen LogP contribution in [0.25, 0.3) is 0 Å². The van der Waals surface area contributed by atoms with Crippen molar-refractivity contribution < 1.29 is 9.53 Å². The van der Waals surface area contributed by atoms with Crippen molar-refractivity contribution in [2.24, 2.45) is 0 Å². The third kappa shape index (κ3) is 3.93. The molecule has 1 fully saturated rings. The number of esters is 1. The predicted octanol–water partition coefficient (Wildman–Crippen LogP) is 3.02. The van der Waals surface area contributed by atoms with E-state index in [1.54, 1.807) is 11.3 Å². The minimum Gasteiger partial charge on any atom is -0.466 e. The Kier molecular flexibility index (Phi) is 5.19. The van der Waals surface area contributed by atoms with E-state index in [2.05, 4.69) is 22.3 Å². The molecule has 0 saturated heterocycles. The predicted molar refractivity (Wildman–Crippen MR) is 77.7 cm³/mol. The molecule has 1 aliphatic carbocycles. The van der Waals surface area contributed by atoms with Gasteiger partial charge in [-0.05, 0) is 19.8 Å². The molecule has 1 saturated carbocycles. The highest BCUT2D eigenvalue weighted by Crippen LogP contribution is 2.29. The van der Waals surface area contributed by atoms with E-state index in [-0.39, 0.29) is 5.97 Å². The second-order valence-electron chi connectivity index (χ2n) is 4.98. The van der Waals surface area contributed by atoms with Crippen molar-refractivity contribution in [2.45, 2.75) is 51.5 Å². The Bertz CT molecular complexity index is 413. The van der Waals surface area contributed by atoms with E-state index in [4.69, 9.17) is 4.74 Å². The van der Waals surface area contributed by atoms with Gasteiger partial charge in [0, 0.05) is 24.9 Å². The van der Waals surface area contributed by atoms with Crippen molar-refractivity contribution in [3.8, 4) is 0 Å². The lowest BCUT2D eigenvalue weighted by Gasteiger charge is -2.23. The first-order valence-electron chi connectivity index (χ1n) is 7.03. The molecule has 0 spiro atoms. The molecule has 0 aliphatic heterocycles. The van der Waals surface area contributed by atoms with Crippen LogP contribution in [0.15, 0.2) is 5.38 Å². The van der Waals surface area contributed by atoms with Crippen LogP contribution in [-0.2, 0) is 16.0 Å². The van der Waals surface area contributed by atoms with Gasteiger partial charge in [0.05, 0.1) is 18.7 Å². The van der Waals surface area contributed by atoms with Gasteiger partial charge in [-0.15, -0.1) is 11.3 Å². The Morgan fingerprint density at radius 2 is 2.26 bits per heavy atom. The number of aromatic nitrogens is 1. The van der Waals surface area contributed by atoms with Crippen molar-refractivity contribution in [3.63, 3.8) is 0 Å². The number of hydrogen-bond acceptors (Lipinski definition) is 5. The number of carbonyl (C=O) groups excluding carboxylic acids is 1. The fourth-order valence-corrected chi connectivity index (χ4v) is 3.38. The number of aryl methyl sites for hydroxylation is 1. The van der Waals surface area contributed by atoms with Gasteiger partial charge >= 0.3 is 5.97 Å². The minimum absolute atomic E-state index is 0.138. The maximum absolute atomic E-state index is 11.3. The summed E-state index contributed by atoms with van der Waals surface area (Å²) in [6, 6.07) is 0.643. The van der Waals surface area contributed by atoms with E-state index in [1.807, 2.05) is 6.92 Å². The molecule has 2 rings (SSSR count). The van der Waals surface area contributed by atoms with E-state index in [9.17, 15) is 4.79 Å². The van der Waals surface area contributed by atoms with Crippen molar-refractivity contribution in [2.75, 3.05) is 18.6 Å². The number of hydrogen-bond donors (Lipinski definition) is 0. The molecule has 106 valence electrons. The average molecular weight is 282 g/mol. The maximum atomic E-state index is 11.3. The zero-order valence-corrected chi connectivity index (χ0v) is 12.5. The maximum Gasteiger partial charge on any atom is 0.306 e. The van der Waals surface area contributed by atoms with Crippen LogP contribution in [0.4, 0.5) is 5.13 Å². The van der Waals surface area contributed by atoms with E-state index in [1.165, 1.54) is 25.7 Å². The lowest BCUT2D eigenvalue weighted by molar-refractivity contribution is -0.143. The third-order valence-electron chi connectivity index (χ3n) is 3.60. The summed E-state index contributed by atoms with van der Waals surface area (Å²) in [6.07, 6.45) is 6.30. The molecular formula is C14H22N2O2S. The van der Waals surface area contributed by atoms with Gasteiger partial charge in [-0.25, -0.2) is 4.98 Å². The molecule has 0 N–H and O–H groups in total. The quantitative estimate of drug-likeness (QED) is 0.752. The fraction of sp³-hybridized carbons (Fsp3) is 0.714. The number of thiazole rings is 1. The molecule has 0 unspecified atom stereocenters. The molecule has 0 bridgehead atoms. The number of carbonyl (C=O) groups is 1. The highest BCUT2D eigenvalue weighted by Gasteiger charge is 2.21. The third-order valence-corrected chi connectivity index (χ3v) is 4.58. The van der Waals surface area contributed by atoms with Crippen LogP contribution < -0.4 is 4.90 Å². The largest absolute Gasteiger partial charge is 0.466 e. The molecule has 1 heterocycles. The molecule has 5 heteroatoms. The van der Waals surface area contributed by atoms with Gasteiger partial charge in [0.15, 0.2) is 5.13 Å². The smallest absolute Gasteiger partial charge is 0.306 e. The number of nitrogens with zero attached hydrogens (tertiary/aromatic N) is 2. The summed E-state index contributed by atoms with van der Waals surface area (Å²) < 4.78 is 4.93. The Labute approximate surface area is 118 Å². The Morgan fingerprint density at radius 1 is 1.53 bits per heavy atom. The monoisotopic (exact) mass is 282 g/mol. The number of ether oxygens (including phenoxy) is 1. The van der Waals surface area contributed by atoms with Crippen molar-refractivity contribution in [1.29, 1.82) is 0 Å². The standard InChI is InChI=1S/C14H22N2O2S/c1-3-18-13(17)9-8-11-10-19-14(15-11)16(2)12-6-4-5-7-12/h10,12H,3-9H2,1-2H3. The van der Waals surface area contributed by atoms with Crippen LogP contribution in [0.5, 0.6) is 0 Å². The zero-order chi connectivity index (χ0) is 13.7. The first-order chi connectivity index (χ1) is 9.20. The average Bonchev–Trinajstić information content (AvgIpc) is 3.07. The highest BCUT2D eigenvalue weighted by atomic mass is 32.1. The molecule has 0 aromatic carbocycles. The van der Waals surface area contributed by atoms with Crippen molar-refractivity contribution in [1.82, 2.24) is 4.98 Å². The first kappa shape index (κ1) is 14.3. The molecule has 1 aromatic heterocycles. The molecule has 1 aliphatic rings. The van der Waals surface area contributed by atoms with Gasteiger partial charge in [-0.3, -0.25) is 4.79 Å². The lowest BCUT2D eigenvalue weighted by atomic mass is 10.2. The zero-order valence-electron chi connectivity index (χ0n) is 11.7. The van der Waals surface area contributed by atoms with Gasteiger partial charge in [-0.2, -0.15) is 0 Å². The Hall–Kier alpha value is -1.10. The second-order valence-corrected chi connectivity index (χ2v) is 5.81. The van der Waals surface area contributed by atoms with Crippen molar-refractivity contribution >= 4 is 22.4 Å². The second kappa shape index (κ2) is 6.89. The fourth-order valence-electron chi connectivity index (χ4n) is 2.48. The number of rotatable bonds is 6. The molecule has 19 heavy (non-hydrogen) atoms. The van der Waals surface area contributed by atoms with Gasteiger partial charge < -0.3 is 9.64 Å². The summed E-state index contributed by atoms with van der Waals surface area (Å²) >= 11 is 1.67. The van der Waals surface area contributed by atoms with Crippen LogP contribution in [0.3, 0.4) is 0 Å². The van der Waals surface area contributed by atoms with E-state index in [0.717, 1.165) is 10.8 Å². The SMILES string of the molecule is CCOC(=O)CCc1csc(N(C)C2CCCC2)n1. The van der Waals surface area contributed by atoms with Crippen molar-refractivity contribution in [3.05, 3.63) is 11.1 Å². The molecule has 4 nitrogen and oxygen atoms in total. The molecule has 0 atom stereocenters. The summed E-state index contributed by atoms with van der Waals surface area (Å²) in [5.41, 5.74) is 0.998. The number of anilines is 1. The summed E-state index contributed by atoms with van der Waals surface area (Å²) in [7, 11) is 2.13. The normalized spacial score (nSPS) is 15.7. The van der Waals surface area contributed by atoms with Gasteiger partial charge in [0.1, 0.15) is 0 Å². The van der Waals surface area contributed by atoms with Crippen LogP contribution in [0.1, 0.15) is 44.7 Å². The molecular weight excluding hydrogens is 260 g/mol. The Balaban J connectivity index is 1.86. The Morgan fingerprint density at radius 3 is 2.95 bits per heavy atom. The molecule has 0 radical (unpaired) electrons. The highest BCUT2D eigenvalue weighted by molar-refractivity contribution is 7.13.